The molecule has 0 aliphatic heterocycles. The molecule has 0 aliphatic carbocycles. The van der Waals surface area contributed by atoms with Gasteiger partial charge in [0.15, 0.2) is 0 Å². The average Bonchev–Trinajstić information content (AvgIpc) is 2.40. The van der Waals surface area contributed by atoms with Crippen LogP contribution < -0.4 is 11.1 Å². The first-order chi connectivity index (χ1) is 9.60. The van der Waals surface area contributed by atoms with Crippen LogP contribution in [0.3, 0.4) is 0 Å². The molecule has 0 radical (unpaired) electrons. The number of nitrogens with one attached hydrogen (secondary N) is 1. The molecule has 0 saturated heterocycles. The number of nitrogen functional groups attached to an aromatic ring is 1. The lowest BCUT2D eigenvalue weighted by molar-refractivity contribution is -0.122. The SMILES string of the molecule is CCC(C)(C)N(C)C(C)C(=O)Nc1c(Cl)cc(N)cc1Cl. The van der Waals surface area contributed by atoms with Crippen molar-refractivity contribution in [1.82, 2.24) is 4.90 Å². The molecular formula is C15H23Cl2N3O. The van der Waals surface area contributed by atoms with E-state index in [1.165, 1.54) is 0 Å². The number of halogens is 2. The van der Waals surface area contributed by atoms with Crippen LogP contribution in [0.1, 0.15) is 34.1 Å². The van der Waals surface area contributed by atoms with E-state index in [9.17, 15) is 4.79 Å². The van der Waals surface area contributed by atoms with Crippen LogP contribution in [0, 0.1) is 0 Å². The molecule has 1 aromatic rings. The van der Waals surface area contributed by atoms with E-state index in [2.05, 4.69) is 26.1 Å². The second-order valence-electron chi connectivity index (χ2n) is 5.80. The molecule has 6 heteroatoms. The van der Waals surface area contributed by atoms with Gasteiger partial charge < -0.3 is 11.1 Å². The molecule has 4 nitrogen and oxygen atoms in total. The molecule has 0 heterocycles. The molecular weight excluding hydrogens is 309 g/mol. The zero-order valence-electron chi connectivity index (χ0n) is 13.1. The molecule has 21 heavy (non-hydrogen) atoms. The fraction of sp³-hybridized carbons (Fsp3) is 0.533. The van der Waals surface area contributed by atoms with Gasteiger partial charge >= 0.3 is 0 Å². The Kier molecular flexibility index (Phi) is 5.91. The van der Waals surface area contributed by atoms with Crippen molar-refractivity contribution in [3.63, 3.8) is 0 Å². The van der Waals surface area contributed by atoms with Gasteiger partial charge in [-0.1, -0.05) is 30.1 Å². The van der Waals surface area contributed by atoms with Gasteiger partial charge in [-0.3, -0.25) is 9.69 Å². The first-order valence-electron chi connectivity index (χ1n) is 6.88. The fourth-order valence-electron chi connectivity index (χ4n) is 1.89. The number of hydrogen-bond acceptors (Lipinski definition) is 3. The number of hydrogen-bond donors (Lipinski definition) is 2. The van der Waals surface area contributed by atoms with E-state index in [-0.39, 0.29) is 17.5 Å². The highest BCUT2D eigenvalue weighted by molar-refractivity contribution is 6.40. The summed E-state index contributed by atoms with van der Waals surface area (Å²) in [5.41, 5.74) is 6.43. The Labute approximate surface area is 136 Å². The van der Waals surface area contributed by atoms with Crippen molar-refractivity contribution in [3.05, 3.63) is 22.2 Å². The van der Waals surface area contributed by atoms with Crippen molar-refractivity contribution in [1.29, 1.82) is 0 Å². The summed E-state index contributed by atoms with van der Waals surface area (Å²) in [6, 6.07) is 2.81. The van der Waals surface area contributed by atoms with Crippen molar-refractivity contribution >= 4 is 40.5 Å². The molecule has 1 unspecified atom stereocenters. The molecule has 0 aromatic heterocycles. The first-order valence-corrected chi connectivity index (χ1v) is 7.64. The molecule has 1 rings (SSSR count). The highest BCUT2D eigenvalue weighted by atomic mass is 35.5. The summed E-state index contributed by atoms with van der Waals surface area (Å²) in [4.78, 5) is 14.4. The van der Waals surface area contributed by atoms with Gasteiger partial charge in [0.25, 0.3) is 0 Å². The van der Waals surface area contributed by atoms with Crippen molar-refractivity contribution in [3.8, 4) is 0 Å². The van der Waals surface area contributed by atoms with Crippen LogP contribution in [-0.2, 0) is 4.79 Å². The number of carbonyl (C=O) groups is 1. The second-order valence-corrected chi connectivity index (χ2v) is 6.62. The maximum atomic E-state index is 12.4. The number of likely N-dealkylation sites (N-methyl/N-ethyl adjacent to an activating group) is 1. The third kappa shape index (κ3) is 4.25. The summed E-state index contributed by atoms with van der Waals surface area (Å²) >= 11 is 12.2. The summed E-state index contributed by atoms with van der Waals surface area (Å²) in [5, 5.41) is 3.45. The van der Waals surface area contributed by atoms with Crippen molar-refractivity contribution in [2.75, 3.05) is 18.1 Å². The minimum Gasteiger partial charge on any atom is -0.399 e. The van der Waals surface area contributed by atoms with E-state index >= 15 is 0 Å². The number of benzene rings is 1. The Bertz CT molecular complexity index is 509. The van der Waals surface area contributed by atoms with E-state index in [4.69, 9.17) is 28.9 Å². The minimum atomic E-state index is -0.315. The molecule has 0 saturated carbocycles. The number of nitrogens with zero attached hydrogens (tertiary/aromatic N) is 1. The fourth-order valence-corrected chi connectivity index (χ4v) is 2.49. The van der Waals surface area contributed by atoms with Crippen molar-refractivity contribution in [2.45, 2.75) is 45.7 Å². The first kappa shape index (κ1) is 18.1. The van der Waals surface area contributed by atoms with Gasteiger partial charge in [-0.25, -0.2) is 0 Å². The molecule has 0 spiro atoms. The Morgan fingerprint density at radius 1 is 1.38 bits per heavy atom. The lowest BCUT2D eigenvalue weighted by Crippen LogP contribution is -2.50. The zero-order chi connectivity index (χ0) is 16.4. The monoisotopic (exact) mass is 331 g/mol. The van der Waals surface area contributed by atoms with Gasteiger partial charge in [0.1, 0.15) is 0 Å². The van der Waals surface area contributed by atoms with Crippen LogP contribution in [-0.4, -0.2) is 29.4 Å². The van der Waals surface area contributed by atoms with Crippen LogP contribution in [0.4, 0.5) is 11.4 Å². The number of amides is 1. The summed E-state index contributed by atoms with van der Waals surface area (Å²) in [6.07, 6.45) is 0.935. The Morgan fingerprint density at radius 3 is 2.29 bits per heavy atom. The molecule has 0 bridgehead atoms. The maximum absolute atomic E-state index is 12.4. The maximum Gasteiger partial charge on any atom is 0.241 e. The van der Waals surface area contributed by atoms with Gasteiger partial charge in [0.2, 0.25) is 5.91 Å². The largest absolute Gasteiger partial charge is 0.399 e. The van der Waals surface area contributed by atoms with E-state index in [0.29, 0.717) is 21.4 Å². The highest BCUT2D eigenvalue weighted by Crippen LogP contribution is 2.33. The van der Waals surface area contributed by atoms with Crippen LogP contribution in [0.15, 0.2) is 12.1 Å². The lowest BCUT2D eigenvalue weighted by atomic mass is 9.98. The smallest absolute Gasteiger partial charge is 0.241 e. The molecule has 1 amide bonds. The van der Waals surface area contributed by atoms with E-state index in [0.717, 1.165) is 6.42 Å². The Balaban J connectivity index is 2.92. The van der Waals surface area contributed by atoms with Crippen molar-refractivity contribution < 1.29 is 4.79 Å². The highest BCUT2D eigenvalue weighted by Gasteiger charge is 2.29. The zero-order valence-corrected chi connectivity index (χ0v) is 14.6. The van der Waals surface area contributed by atoms with E-state index in [1.807, 2.05) is 18.9 Å². The standard InChI is InChI=1S/C15H23Cl2N3O/c1-6-15(3,4)20(5)9(2)14(21)19-13-11(16)7-10(18)8-12(13)17/h7-9H,6,18H2,1-5H3,(H,19,21). The van der Waals surface area contributed by atoms with E-state index < -0.39 is 0 Å². The Morgan fingerprint density at radius 2 is 1.86 bits per heavy atom. The topological polar surface area (TPSA) is 58.4 Å². The molecule has 0 fully saturated rings. The minimum absolute atomic E-state index is 0.0779. The summed E-state index contributed by atoms with van der Waals surface area (Å²) in [7, 11) is 1.93. The van der Waals surface area contributed by atoms with E-state index in [1.54, 1.807) is 12.1 Å². The second kappa shape index (κ2) is 6.86. The summed E-state index contributed by atoms with van der Waals surface area (Å²) < 4.78 is 0. The number of rotatable bonds is 5. The molecule has 1 atom stereocenters. The van der Waals surface area contributed by atoms with Gasteiger partial charge in [-0.15, -0.1) is 0 Å². The molecule has 118 valence electrons. The predicted octanol–water partition coefficient (Wildman–Crippen LogP) is 4.02. The van der Waals surface area contributed by atoms with Gasteiger partial charge in [-0.05, 0) is 46.4 Å². The summed E-state index contributed by atoms with van der Waals surface area (Å²) in [5.74, 6) is -0.160. The van der Waals surface area contributed by atoms with Crippen LogP contribution in [0.25, 0.3) is 0 Å². The molecule has 1 aromatic carbocycles. The quantitative estimate of drug-likeness (QED) is 0.801. The normalized spacial score (nSPS) is 13.3. The third-order valence-corrected chi connectivity index (χ3v) is 4.69. The average molecular weight is 332 g/mol. The summed E-state index contributed by atoms with van der Waals surface area (Å²) in [6.45, 7) is 8.14. The molecule has 3 N–H and O–H groups in total. The van der Waals surface area contributed by atoms with Crippen LogP contribution in [0.5, 0.6) is 0 Å². The lowest BCUT2D eigenvalue weighted by Gasteiger charge is -2.38. The van der Waals surface area contributed by atoms with Gasteiger partial charge in [-0.2, -0.15) is 0 Å². The third-order valence-electron chi connectivity index (χ3n) is 4.09. The van der Waals surface area contributed by atoms with Gasteiger partial charge in [0.05, 0.1) is 21.8 Å². The van der Waals surface area contributed by atoms with Crippen molar-refractivity contribution in [2.24, 2.45) is 0 Å². The number of carbonyl (C=O) groups excluding carboxylic acids is 1. The number of nitrogens with two attached hydrogens (primary N) is 1. The van der Waals surface area contributed by atoms with Crippen LogP contribution >= 0.6 is 23.2 Å². The predicted molar refractivity (Wildman–Crippen MR) is 91.1 cm³/mol. The Hall–Kier alpha value is -0.970. The molecule has 0 aliphatic rings. The van der Waals surface area contributed by atoms with Gasteiger partial charge in [0, 0.05) is 11.2 Å². The van der Waals surface area contributed by atoms with Crippen LogP contribution in [0.2, 0.25) is 10.0 Å². The number of anilines is 2.